The van der Waals surface area contributed by atoms with Crippen molar-refractivity contribution in [2.75, 3.05) is 6.54 Å². The maximum Gasteiger partial charge on any atom is 0.266 e. The molecule has 1 saturated heterocycles. The van der Waals surface area contributed by atoms with Crippen LogP contribution >= 0.6 is 24.0 Å². The van der Waals surface area contributed by atoms with Crippen LogP contribution in [0.25, 0.3) is 17.4 Å². The molecule has 2 heterocycles. The molecule has 1 fully saturated rings. The average molecular weight is 347 g/mol. The largest absolute Gasteiger partial charge is 0.457 e. The third-order valence-corrected chi connectivity index (χ3v) is 4.73. The number of hydrogen-bond acceptors (Lipinski definition) is 4. The lowest BCUT2D eigenvalue weighted by atomic mass is 10.2. The van der Waals surface area contributed by atoms with Gasteiger partial charge in [-0.1, -0.05) is 30.9 Å². The summed E-state index contributed by atoms with van der Waals surface area (Å²) in [4.78, 5) is 14.5. The highest BCUT2D eigenvalue weighted by atomic mass is 32.2. The lowest BCUT2D eigenvalue weighted by Crippen LogP contribution is -2.28. The number of halogens is 1. The van der Waals surface area contributed by atoms with E-state index < -0.39 is 0 Å². The van der Waals surface area contributed by atoms with Crippen molar-refractivity contribution in [2.45, 2.75) is 13.3 Å². The first-order chi connectivity index (χ1) is 11.1. The lowest BCUT2D eigenvalue weighted by molar-refractivity contribution is -0.122. The fourth-order valence-electron chi connectivity index (χ4n) is 2.25. The summed E-state index contributed by atoms with van der Waals surface area (Å²) in [5.74, 6) is 0.823. The minimum absolute atomic E-state index is 0.0819. The highest BCUT2D eigenvalue weighted by Crippen LogP contribution is 2.33. The molecule has 1 aliphatic rings. The van der Waals surface area contributed by atoms with Gasteiger partial charge in [0.05, 0.1) is 4.91 Å². The van der Waals surface area contributed by atoms with E-state index in [1.165, 1.54) is 23.9 Å². The van der Waals surface area contributed by atoms with Crippen molar-refractivity contribution in [3.63, 3.8) is 0 Å². The van der Waals surface area contributed by atoms with Gasteiger partial charge in [-0.05, 0) is 42.8 Å². The van der Waals surface area contributed by atoms with Crippen LogP contribution < -0.4 is 0 Å². The van der Waals surface area contributed by atoms with Gasteiger partial charge in [-0.25, -0.2) is 4.39 Å². The van der Waals surface area contributed by atoms with Gasteiger partial charge in [-0.15, -0.1) is 0 Å². The number of amides is 1. The van der Waals surface area contributed by atoms with Crippen LogP contribution in [-0.4, -0.2) is 21.7 Å². The molecule has 118 valence electrons. The van der Waals surface area contributed by atoms with Crippen molar-refractivity contribution in [3.8, 4) is 11.3 Å². The second kappa shape index (κ2) is 6.68. The fraction of sp³-hybridized carbons (Fsp3) is 0.176. The van der Waals surface area contributed by atoms with E-state index in [2.05, 4.69) is 0 Å². The third-order valence-electron chi connectivity index (χ3n) is 3.35. The zero-order valence-corrected chi connectivity index (χ0v) is 14.0. The van der Waals surface area contributed by atoms with E-state index in [0.717, 1.165) is 12.0 Å². The monoisotopic (exact) mass is 347 g/mol. The molecule has 1 aliphatic heterocycles. The molecule has 23 heavy (non-hydrogen) atoms. The number of rotatable bonds is 4. The summed E-state index contributed by atoms with van der Waals surface area (Å²) in [6, 6.07) is 9.65. The van der Waals surface area contributed by atoms with Crippen LogP contribution in [0.1, 0.15) is 19.1 Å². The minimum atomic E-state index is -0.292. The van der Waals surface area contributed by atoms with Gasteiger partial charge in [-0.2, -0.15) is 0 Å². The summed E-state index contributed by atoms with van der Waals surface area (Å²) < 4.78 is 19.3. The van der Waals surface area contributed by atoms with Gasteiger partial charge in [0, 0.05) is 18.2 Å². The number of carbonyl (C=O) groups is 1. The zero-order chi connectivity index (χ0) is 16.4. The number of furan rings is 1. The smallest absolute Gasteiger partial charge is 0.266 e. The molecular weight excluding hydrogens is 333 g/mol. The normalized spacial score (nSPS) is 16.6. The molecule has 0 N–H and O–H groups in total. The van der Waals surface area contributed by atoms with Gasteiger partial charge < -0.3 is 4.42 Å². The Labute approximate surface area is 143 Å². The van der Waals surface area contributed by atoms with Crippen LogP contribution in [0.15, 0.2) is 45.7 Å². The standard InChI is InChI=1S/C17H14FNO2S2/c1-2-9-19-16(20)15(23-17(19)22)10-13-7-8-14(21-13)11-3-5-12(18)6-4-11/h3-8,10H,2,9H2,1H3/b15-10+. The van der Waals surface area contributed by atoms with Gasteiger partial charge >= 0.3 is 0 Å². The van der Waals surface area contributed by atoms with Crippen LogP contribution in [0.2, 0.25) is 0 Å². The van der Waals surface area contributed by atoms with Crippen molar-refractivity contribution >= 4 is 40.3 Å². The summed E-state index contributed by atoms with van der Waals surface area (Å²) in [7, 11) is 0. The summed E-state index contributed by atoms with van der Waals surface area (Å²) >= 11 is 6.51. The van der Waals surface area contributed by atoms with Crippen molar-refractivity contribution < 1.29 is 13.6 Å². The maximum atomic E-state index is 13.0. The predicted octanol–water partition coefficient (Wildman–Crippen LogP) is 4.70. The van der Waals surface area contributed by atoms with Crippen molar-refractivity contribution in [3.05, 3.63) is 52.9 Å². The highest BCUT2D eigenvalue weighted by molar-refractivity contribution is 8.26. The Kier molecular flexibility index (Phi) is 4.63. The van der Waals surface area contributed by atoms with Crippen molar-refractivity contribution in [1.82, 2.24) is 4.90 Å². The molecule has 1 aromatic carbocycles. The van der Waals surface area contributed by atoms with E-state index in [1.807, 2.05) is 6.92 Å². The summed E-state index contributed by atoms with van der Waals surface area (Å²) in [5, 5.41) is 0. The van der Waals surface area contributed by atoms with E-state index in [9.17, 15) is 9.18 Å². The van der Waals surface area contributed by atoms with Crippen LogP contribution in [0.3, 0.4) is 0 Å². The Balaban J connectivity index is 1.82. The molecule has 3 nitrogen and oxygen atoms in total. The Bertz CT molecular complexity index is 780. The third kappa shape index (κ3) is 3.38. The molecule has 0 radical (unpaired) electrons. The van der Waals surface area contributed by atoms with E-state index >= 15 is 0 Å². The molecule has 1 amide bonds. The SMILES string of the molecule is CCCN1C(=O)/C(=C\c2ccc(-c3ccc(F)cc3)o2)SC1=S. The Morgan fingerprint density at radius 2 is 2.00 bits per heavy atom. The molecular formula is C17H14FNO2S2. The number of thioether (sulfide) groups is 1. The number of carbonyl (C=O) groups excluding carboxylic acids is 1. The number of nitrogens with zero attached hydrogens (tertiary/aromatic N) is 1. The predicted molar refractivity (Wildman–Crippen MR) is 94.3 cm³/mol. The molecule has 0 saturated carbocycles. The van der Waals surface area contributed by atoms with Gasteiger partial charge in [0.15, 0.2) is 0 Å². The van der Waals surface area contributed by atoms with E-state index in [-0.39, 0.29) is 11.7 Å². The summed E-state index contributed by atoms with van der Waals surface area (Å²) in [6.45, 7) is 2.63. The van der Waals surface area contributed by atoms with Gasteiger partial charge in [0.1, 0.15) is 21.7 Å². The zero-order valence-electron chi connectivity index (χ0n) is 12.4. The van der Waals surface area contributed by atoms with E-state index in [1.54, 1.807) is 35.2 Å². The van der Waals surface area contributed by atoms with Crippen LogP contribution in [0.4, 0.5) is 4.39 Å². The maximum absolute atomic E-state index is 13.0. The van der Waals surface area contributed by atoms with Crippen LogP contribution in [0, 0.1) is 5.82 Å². The van der Waals surface area contributed by atoms with Gasteiger partial charge in [0.25, 0.3) is 5.91 Å². The molecule has 0 bridgehead atoms. The lowest BCUT2D eigenvalue weighted by Gasteiger charge is -2.11. The molecule has 2 aromatic rings. The second-order valence-electron chi connectivity index (χ2n) is 5.04. The number of benzene rings is 1. The average Bonchev–Trinajstić information content (AvgIpc) is 3.09. The molecule has 0 aliphatic carbocycles. The Morgan fingerprint density at radius 1 is 1.26 bits per heavy atom. The fourth-order valence-corrected chi connectivity index (χ4v) is 3.53. The molecule has 0 unspecified atom stereocenters. The van der Waals surface area contributed by atoms with Crippen molar-refractivity contribution in [2.24, 2.45) is 0 Å². The van der Waals surface area contributed by atoms with Gasteiger partial charge in [-0.3, -0.25) is 9.69 Å². The molecule has 0 spiro atoms. The first-order valence-corrected chi connectivity index (χ1v) is 8.42. The quantitative estimate of drug-likeness (QED) is 0.593. The Hall–Kier alpha value is -1.92. The van der Waals surface area contributed by atoms with E-state index in [4.69, 9.17) is 16.6 Å². The molecule has 1 aromatic heterocycles. The summed E-state index contributed by atoms with van der Waals surface area (Å²) in [5.41, 5.74) is 0.782. The minimum Gasteiger partial charge on any atom is -0.457 e. The second-order valence-corrected chi connectivity index (χ2v) is 6.72. The molecule has 6 heteroatoms. The van der Waals surface area contributed by atoms with E-state index in [0.29, 0.717) is 27.3 Å². The summed E-state index contributed by atoms with van der Waals surface area (Å²) in [6.07, 6.45) is 2.55. The first kappa shape index (κ1) is 16.0. The number of hydrogen-bond donors (Lipinski definition) is 0. The number of thiocarbonyl (C=S) groups is 1. The highest BCUT2D eigenvalue weighted by Gasteiger charge is 2.31. The van der Waals surface area contributed by atoms with Crippen LogP contribution in [-0.2, 0) is 4.79 Å². The molecule has 3 rings (SSSR count). The first-order valence-electron chi connectivity index (χ1n) is 7.19. The molecule has 0 atom stereocenters. The van der Waals surface area contributed by atoms with Crippen molar-refractivity contribution in [1.29, 1.82) is 0 Å². The van der Waals surface area contributed by atoms with Gasteiger partial charge in [0.2, 0.25) is 0 Å². The topological polar surface area (TPSA) is 33.5 Å². The Morgan fingerprint density at radius 3 is 2.70 bits per heavy atom. The van der Waals surface area contributed by atoms with Crippen LogP contribution in [0.5, 0.6) is 0 Å².